The SMILES string of the molecule is CCCN(CCO)C(=O)c1cc(C2CC2)nc2ccc(F)cc12. The molecule has 1 amide bonds. The van der Waals surface area contributed by atoms with E-state index in [0.29, 0.717) is 28.9 Å². The second-order valence-corrected chi connectivity index (χ2v) is 6.05. The minimum absolute atomic E-state index is 0.0847. The highest BCUT2D eigenvalue weighted by Gasteiger charge is 2.28. The number of nitrogens with zero attached hydrogens (tertiary/aromatic N) is 2. The molecule has 1 heterocycles. The summed E-state index contributed by atoms with van der Waals surface area (Å²) in [5.41, 5.74) is 2.05. The van der Waals surface area contributed by atoms with Crippen LogP contribution in [0.4, 0.5) is 4.39 Å². The fourth-order valence-corrected chi connectivity index (χ4v) is 2.86. The number of benzene rings is 1. The Labute approximate surface area is 134 Å². The summed E-state index contributed by atoms with van der Waals surface area (Å²) in [6.07, 6.45) is 2.98. The summed E-state index contributed by atoms with van der Waals surface area (Å²) in [5.74, 6) is -0.133. The lowest BCUT2D eigenvalue weighted by atomic mass is 10.0. The largest absolute Gasteiger partial charge is 0.395 e. The summed E-state index contributed by atoms with van der Waals surface area (Å²) in [7, 11) is 0. The zero-order valence-electron chi connectivity index (χ0n) is 13.3. The third kappa shape index (κ3) is 3.34. The van der Waals surface area contributed by atoms with Gasteiger partial charge in [0.1, 0.15) is 5.82 Å². The average molecular weight is 316 g/mol. The van der Waals surface area contributed by atoms with Crippen LogP contribution in [0.3, 0.4) is 0 Å². The van der Waals surface area contributed by atoms with E-state index < -0.39 is 0 Å². The second-order valence-electron chi connectivity index (χ2n) is 6.05. The van der Waals surface area contributed by atoms with E-state index >= 15 is 0 Å². The number of carbonyl (C=O) groups excluding carboxylic acids is 1. The molecule has 0 spiro atoms. The molecule has 1 aromatic carbocycles. The highest BCUT2D eigenvalue weighted by Crippen LogP contribution is 2.40. The number of hydrogen-bond acceptors (Lipinski definition) is 3. The molecule has 0 radical (unpaired) electrons. The van der Waals surface area contributed by atoms with Crippen molar-refractivity contribution in [3.05, 3.63) is 41.3 Å². The maximum absolute atomic E-state index is 13.7. The second kappa shape index (κ2) is 6.62. The molecule has 0 saturated heterocycles. The van der Waals surface area contributed by atoms with Crippen molar-refractivity contribution in [2.75, 3.05) is 19.7 Å². The molecule has 1 aliphatic rings. The van der Waals surface area contributed by atoms with Gasteiger partial charge in [-0.15, -0.1) is 0 Å². The molecule has 122 valence electrons. The molecule has 1 saturated carbocycles. The van der Waals surface area contributed by atoms with Crippen LogP contribution in [0.15, 0.2) is 24.3 Å². The number of rotatable bonds is 6. The number of hydrogen-bond donors (Lipinski definition) is 1. The van der Waals surface area contributed by atoms with E-state index in [1.165, 1.54) is 12.1 Å². The Kier molecular flexibility index (Phi) is 4.57. The predicted octanol–water partition coefficient (Wildman–Crippen LogP) is 3.10. The third-order valence-electron chi connectivity index (χ3n) is 4.17. The van der Waals surface area contributed by atoms with Crippen LogP contribution in [0.2, 0.25) is 0 Å². The van der Waals surface area contributed by atoms with Gasteiger partial charge in [0, 0.05) is 30.1 Å². The third-order valence-corrected chi connectivity index (χ3v) is 4.17. The first kappa shape index (κ1) is 15.9. The Bertz CT molecular complexity index is 722. The van der Waals surface area contributed by atoms with Crippen molar-refractivity contribution in [1.29, 1.82) is 0 Å². The molecule has 23 heavy (non-hydrogen) atoms. The normalized spacial score (nSPS) is 14.2. The Morgan fingerprint density at radius 1 is 1.35 bits per heavy atom. The summed E-state index contributed by atoms with van der Waals surface area (Å²) in [4.78, 5) is 19.1. The van der Waals surface area contributed by atoms with E-state index in [4.69, 9.17) is 0 Å². The first-order chi connectivity index (χ1) is 11.1. The molecular formula is C18H21FN2O2. The van der Waals surface area contributed by atoms with E-state index in [0.717, 1.165) is 25.0 Å². The van der Waals surface area contributed by atoms with Crippen LogP contribution in [-0.4, -0.2) is 40.6 Å². The van der Waals surface area contributed by atoms with Crippen molar-refractivity contribution in [2.45, 2.75) is 32.1 Å². The lowest BCUT2D eigenvalue weighted by molar-refractivity contribution is 0.0723. The van der Waals surface area contributed by atoms with E-state index in [-0.39, 0.29) is 24.9 Å². The van der Waals surface area contributed by atoms with Crippen molar-refractivity contribution in [3.8, 4) is 0 Å². The quantitative estimate of drug-likeness (QED) is 0.891. The van der Waals surface area contributed by atoms with Crippen molar-refractivity contribution < 1.29 is 14.3 Å². The van der Waals surface area contributed by atoms with Crippen LogP contribution in [-0.2, 0) is 0 Å². The van der Waals surface area contributed by atoms with Gasteiger partial charge in [0.05, 0.1) is 17.7 Å². The fourth-order valence-electron chi connectivity index (χ4n) is 2.86. The lowest BCUT2D eigenvalue weighted by Gasteiger charge is -2.22. The molecule has 2 aromatic rings. The number of carbonyl (C=O) groups is 1. The van der Waals surface area contributed by atoms with Gasteiger partial charge >= 0.3 is 0 Å². The van der Waals surface area contributed by atoms with Crippen LogP contribution in [0, 0.1) is 5.82 Å². The molecule has 0 atom stereocenters. The number of aliphatic hydroxyl groups is 1. The molecule has 1 fully saturated rings. The van der Waals surface area contributed by atoms with Crippen LogP contribution in [0.1, 0.15) is 48.2 Å². The number of aliphatic hydroxyl groups excluding tert-OH is 1. The van der Waals surface area contributed by atoms with Gasteiger partial charge in [0.25, 0.3) is 5.91 Å². The number of fused-ring (bicyclic) bond motifs is 1. The topological polar surface area (TPSA) is 53.4 Å². The van der Waals surface area contributed by atoms with Crippen molar-refractivity contribution in [1.82, 2.24) is 9.88 Å². The Morgan fingerprint density at radius 3 is 2.78 bits per heavy atom. The fraction of sp³-hybridized carbons (Fsp3) is 0.444. The van der Waals surface area contributed by atoms with Gasteiger partial charge in [-0.05, 0) is 43.5 Å². The van der Waals surface area contributed by atoms with Gasteiger partial charge < -0.3 is 10.0 Å². The Hall–Kier alpha value is -2.01. The molecule has 1 aromatic heterocycles. The maximum atomic E-state index is 13.7. The molecule has 1 aliphatic carbocycles. The smallest absolute Gasteiger partial charge is 0.254 e. The average Bonchev–Trinajstić information content (AvgIpc) is 3.38. The number of pyridine rings is 1. The monoisotopic (exact) mass is 316 g/mol. The highest BCUT2D eigenvalue weighted by atomic mass is 19.1. The summed E-state index contributed by atoms with van der Waals surface area (Å²) in [5, 5.41) is 9.74. The van der Waals surface area contributed by atoms with Crippen molar-refractivity contribution >= 4 is 16.8 Å². The standard InChI is InChI=1S/C18H21FN2O2/c1-2-7-21(8-9-22)18(23)15-11-17(12-3-4-12)20-16-6-5-13(19)10-14(15)16/h5-6,10-12,22H,2-4,7-9H2,1H3. The van der Waals surface area contributed by atoms with Gasteiger partial charge in [-0.25, -0.2) is 4.39 Å². The molecule has 5 heteroatoms. The molecule has 0 aliphatic heterocycles. The Balaban J connectivity index is 2.09. The molecule has 4 nitrogen and oxygen atoms in total. The summed E-state index contributed by atoms with van der Waals surface area (Å²) >= 11 is 0. The zero-order chi connectivity index (χ0) is 16.4. The van der Waals surface area contributed by atoms with Gasteiger partial charge in [0.2, 0.25) is 0 Å². The summed E-state index contributed by atoms with van der Waals surface area (Å²) in [6.45, 7) is 2.75. The highest BCUT2D eigenvalue weighted by molar-refractivity contribution is 6.06. The predicted molar refractivity (Wildman–Crippen MR) is 87.0 cm³/mol. The Morgan fingerprint density at radius 2 is 2.13 bits per heavy atom. The summed E-state index contributed by atoms with van der Waals surface area (Å²) < 4.78 is 13.7. The molecular weight excluding hydrogens is 295 g/mol. The van der Waals surface area contributed by atoms with E-state index in [2.05, 4.69) is 4.98 Å². The van der Waals surface area contributed by atoms with Crippen molar-refractivity contribution in [3.63, 3.8) is 0 Å². The first-order valence-electron chi connectivity index (χ1n) is 8.14. The zero-order valence-corrected chi connectivity index (χ0v) is 13.3. The van der Waals surface area contributed by atoms with E-state index in [1.54, 1.807) is 11.0 Å². The van der Waals surface area contributed by atoms with E-state index in [9.17, 15) is 14.3 Å². The summed E-state index contributed by atoms with van der Waals surface area (Å²) in [6, 6.07) is 6.18. The van der Waals surface area contributed by atoms with Gasteiger partial charge in [-0.1, -0.05) is 6.92 Å². The number of halogens is 1. The van der Waals surface area contributed by atoms with Crippen LogP contribution in [0.5, 0.6) is 0 Å². The van der Waals surface area contributed by atoms with Gasteiger partial charge in [-0.2, -0.15) is 0 Å². The van der Waals surface area contributed by atoms with Crippen molar-refractivity contribution in [2.24, 2.45) is 0 Å². The van der Waals surface area contributed by atoms with Crippen LogP contribution in [0.25, 0.3) is 10.9 Å². The lowest BCUT2D eigenvalue weighted by Crippen LogP contribution is -2.34. The van der Waals surface area contributed by atoms with Crippen LogP contribution < -0.4 is 0 Å². The minimum atomic E-state index is -0.378. The van der Waals surface area contributed by atoms with Gasteiger partial charge in [0.15, 0.2) is 0 Å². The maximum Gasteiger partial charge on any atom is 0.254 e. The first-order valence-corrected chi connectivity index (χ1v) is 8.14. The number of amides is 1. The van der Waals surface area contributed by atoms with Crippen LogP contribution >= 0.6 is 0 Å². The molecule has 3 rings (SSSR count). The molecule has 1 N–H and O–H groups in total. The van der Waals surface area contributed by atoms with E-state index in [1.807, 2.05) is 13.0 Å². The van der Waals surface area contributed by atoms with Gasteiger partial charge in [-0.3, -0.25) is 9.78 Å². The molecule has 0 bridgehead atoms. The minimum Gasteiger partial charge on any atom is -0.395 e. The number of aromatic nitrogens is 1. The molecule has 0 unspecified atom stereocenters.